The van der Waals surface area contributed by atoms with Crippen molar-refractivity contribution < 1.29 is 9.13 Å². The van der Waals surface area contributed by atoms with Gasteiger partial charge in [-0.2, -0.15) is 12.6 Å². The van der Waals surface area contributed by atoms with Gasteiger partial charge in [0.05, 0.1) is 19.0 Å². The lowest BCUT2D eigenvalue weighted by molar-refractivity contribution is 0.415. The maximum atomic E-state index is 13.2. The third-order valence-corrected chi connectivity index (χ3v) is 2.65. The summed E-state index contributed by atoms with van der Waals surface area (Å²) < 4.78 is 18.4. The van der Waals surface area contributed by atoms with Crippen LogP contribution in [-0.2, 0) is 6.42 Å². The fraction of sp³-hybridized carbons (Fsp3) is 0.250. The van der Waals surface area contributed by atoms with E-state index in [1.807, 2.05) is 0 Å². The minimum absolute atomic E-state index is 0.300. The van der Waals surface area contributed by atoms with E-state index in [0.29, 0.717) is 17.1 Å². The van der Waals surface area contributed by atoms with Crippen LogP contribution in [0.3, 0.4) is 0 Å². The summed E-state index contributed by atoms with van der Waals surface area (Å²) in [6.45, 7) is 0. The lowest BCUT2D eigenvalue weighted by atomic mass is 10.1. The van der Waals surface area contributed by atoms with E-state index in [4.69, 9.17) is 4.74 Å². The van der Waals surface area contributed by atoms with Crippen molar-refractivity contribution in [2.75, 3.05) is 12.9 Å². The Morgan fingerprint density at radius 2 is 2.29 bits per heavy atom. The molecule has 1 heterocycles. The Hall–Kier alpha value is -1.49. The molecule has 0 bridgehead atoms. The minimum Gasteiger partial charge on any atom is -0.496 e. The second-order valence-corrected chi connectivity index (χ2v) is 4.01. The van der Waals surface area contributed by atoms with E-state index in [2.05, 4.69) is 22.6 Å². The smallest absolute Gasteiger partial charge is 0.128 e. The van der Waals surface area contributed by atoms with Crippen molar-refractivity contribution in [2.24, 2.45) is 0 Å². The molecule has 1 N–H and O–H groups in total. The van der Waals surface area contributed by atoms with Gasteiger partial charge in [0, 0.05) is 12.0 Å². The number of aryl methyl sites for hydroxylation is 1. The van der Waals surface area contributed by atoms with Gasteiger partial charge in [-0.25, -0.2) is 9.37 Å². The zero-order valence-electron chi connectivity index (χ0n) is 9.40. The first-order valence-electron chi connectivity index (χ1n) is 5.23. The highest BCUT2D eigenvalue weighted by molar-refractivity contribution is 7.80. The second kappa shape index (κ2) is 5.23. The highest BCUT2D eigenvalue weighted by Gasteiger charge is 2.09. The number of H-pyrrole nitrogens is 1. The number of aromatic amines is 1. The second-order valence-electron chi connectivity index (χ2n) is 3.56. The topological polar surface area (TPSA) is 37.9 Å². The van der Waals surface area contributed by atoms with E-state index in [1.54, 1.807) is 19.4 Å². The molecule has 1 aromatic carbocycles. The van der Waals surface area contributed by atoms with E-state index in [0.717, 1.165) is 17.9 Å². The normalized spacial score (nSPS) is 10.5. The summed E-state index contributed by atoms with van der Waals surface area (Å²) in [5.74, 6) is 1.87. The average molecular weight is 252 g/mol. The van der Waals surface area contributed by atoms with Crippen molar-refractivity contribution in [3.8, 4) is 17.0 Å². The van der Waals surface area contributed by atoms with Gasteiger partial charge in [0.1, 0.15) is 17.4 Å². The molecular formula is C12H13FN2OS. The van der Waals surface area contributed by atoms with Gasteiger partial charge < -0.3 is 9.72 Å². The van der Waals surface area contributed by atoms with Crippen LogP contribution in [0.5, 0.6) is 5.75 Å². The number of halogens is 1. The molecular weight excluding hydrogens is 239 g/mol. The fourth-order valence-corrected chi connectivity index (χ4v) is 1.83. The van der Waals surface area contributed by atoms with Gasteiger partial charge in [-0.15, -0.1) is 0 Å². The van der Waals surface area contributed by atoms with Gasteiger partial charge >= 0.3 is 0 Å². The van der Waals surface area contributed by atoms with Crippen LogP contribution in [0.15, 0.2) is 24.4 Å². The Kier molecular flexibility index (Phi) is 3.68. The summed E-state index contributed by atoms with van der Waals surface area (Å²) in [7, 11) is 1.56. The maximum Gasteiger partial charge on any atom is 0.128 e. The van der Waals surface area contributed by atoms with E-state index in [9.17, 15) is 4.39 Å². The molecule has 0 amide bonds. The Morgan fingerprint density at radius 1 is 1.47 bits per heavy atom. The summed E-state index contributed by atoms with van der Waals surface area (Å²) in [5, 5.41) is 0. The monoisotopic (exact) mass is 252 g/mol. The first kappa shape index (κ1) is 12.0. The fourth-order valence-electron chi connectivity index (χ4n) is 1.62. The number of methoxy groups -OCH3 is 1. The van der Waals surface area contributed by atoms with Crippen LogP contribution < -0.4 is 4.74 Å². The molecule has 0 radical (unpaired) electrons. The first-order valence-corrected chi connectivity index (χ1v) is 5.86. The molecule has 2 aromatic rings. The number of rotatable bonds is 4. The van der Waals surface area contributed by atoms with Gasteiger partial charge in [-0.05, 0) is 24.0 Å². The van der Waals surface area contributed by atoms with Crippen molar-refractivity contribution in [2.45, 2.75) is 6.42 Å². The SMILES string of the molecule is COc1ccc(F)cc1-c1cnc(CCS)[nH]1. The lowest BCUT2D eigenvalue weighted by Crippen LogP contribution is -1.91. The van der Waals surface area contributed by atoms with E-state index in [-0.39, 0.29) is 5.82 Å². The summed E-state index contributed by atoms with van der Waals surface area (Å²) in [6, 6.07) is 4.40. The van der Waals surface area contributed by atoms with Crippen LogP contribution in [0, 0.1) is 5.82 Å². The Labute approximate surface area is 104 Å². The van der Waals surface area contributed by atoms with Gasteiger partial charge in [-0.1, -0.05) is 0 Å². The summed E-state index contributed by atoms with van der Waals surface area (Å²) in [5.41, 5.74) is 1.42. The van der Waals surface area contributed by atoms with E-state index < -0.39 is 0 Å². The largest absolute Gasteiger partial charge is 0.496 e. The molecule has 2 rings (SSSR count). The van der Waals surface area contributed by atoms with Gasteiger partial charge in [-0.3, -0.25) is 0 Å². The summed E-state index contributed by atoms with van der Waals surface area (Å²) in [4.78, 5) is 7.33. The van der Waals surface area contributed by atoms with Crippen molar-refractivity contribution in [3.63, 3.8) is 0 Å². The first-order chi connectivity index (χ1) is 8.24. The third kappa shape index (κ3) is 2.61. The van der Waals surface area contributed by atoms with E-state index in [1.165, 1.54) is 12.1 Å². The van der Waals surface area contributed by atoms with Crippen LogP contribution in [0.2, 0.25) is 0 Å². The number of imidazole rings is 1. The number of nitrogens with zero attached hydrogens (tertiary/aromatic N) is 1. The van der Waals surface area contributed by atoms with Crippen LogP contribution in [-0.4, -0.2) is 22.8 Å². The predicted molar refractivity (Wildman–Crippen MR) is 68.1 cm³/mol. The number of hydrogen-bond acceptors (Lipinski definition) is 3. The van der Waals surface area contributed by atoms with Crippen LogP contribution in [0.25, 0.3) is 11.3 Å². The number of nitrogens with one attached hydrogen (secondary N) is 1. The van der Waals surface area contributed by atoms with Crippen molar-refractivity contribution >= 4 is 12.6 Å². The molecule has 0 saturated carbocycles. The maximum absolute atomic E-state index is 13.2. The molecule has 5 heteroatoms. The molecule has 0 aliphatic carbocycles. The quantitative estimate of drug-likeness (QED) is 0.821. The van der Waals surface area contributed by atoms with Crippen LogP contribution >= 0.6 is 12.6 Å². The van der Waals surface area contributed by atoms with E-state index >= 15 is 0 Å². The predicted octanol–water partition coefficient (Wildman–Crippen LogP) is 2.70. The molecule has 90 valence electrons. The molecule has 0 atom stereocenters. The number of benzene rings is 1. The molecule has 0 fully saturated rings. The van der Waals surface area contributed by atoms with Crippen LogP contribution in [0.1, 0.15) is 5.82 Å². The molecule has 0 saturated heterocycles. The van der Waals surface area contributed by atoms with Crippen molar-refractivity contribution in [3.05, 3.63) is 36.0 Å². The van der Waals surface area contributed by atoms with Crippen molar-refractivity contribution in [1.82, 2.24) is 9.97 Å². The number of thiol groups is 1. The lowest BCUT2D eigenvalue weighted by Gasteiger charge is -2.06. The number of aromatic nitrogens is 2. The number of ether oxygens (including phenoxy) is 1. The van der Waals surface area contributed by atoms with Crippen LogP contribution in [0.4, 0.5) is 4.39 Å². The van der Waals surface area contributed by atoms with Gasteiger partial charge in [0.15, 0.2) is 0 Å². The molecule has 0 aliphatic rings. The molecule has 17 heavy (non-hydrogen) atoms. The Morgan fingerprint density at radius 3 is 3.00 bits per heavy atom. The molecule has 0 spiro atoms. The average Bonchev–Trinajstić information content (AvgIpc) is 2.78. The zero-order valence-corrected chi connectivity index (χ0v) is 10.3. The standard InChI is InChI=1S/C12H13FN2OS/c1-16-11-3-2-8(13)6-9(11)10-7-14-12(15-10)4-5-17/h2-3,6-7,17H,4-5H2,1H3,(H,14,15). The summed E-state index contributed by atoms with van der Waals surface area (Å²) >= 11 is 4.14. The molecule has 3 nitrogen and oxygen atoms in total. The zero-order chi connectivity index (χ0) is 12.3. The van der Waals surface area contributed by atoms with Crippen molar-refractivity contribution in [1.29, 1.82) is 0 Å². The highest BCUT2D eigenvalue weighted by atomic mass is 32.1. The molecule has 1 aromatic heterocycles. The van der Waals surface area contributed by atoms with Gasteiger partial charge in [0.25, 0.3) is 0 Å². The highest BCUT2D eigenvalue weighted by Crippen LogP contribution is 2.29. The summed E-state index contributed by atoms with van der Waals surface area (Å²) in [6.07, 6.45) is 2.43. The van der Waals surface area contributed by atoms with Gasteiger partial charge in [0.2, 0.25) is 0 Å². The Bertz CT molecular complexity index is 513. The Balaban J connectivity index is 2.40. The molecule has 0 unspecified atom stereocenters. The molecule has 0 aliphatic heterocycles. The number of hydrogen-bond donors (Lipinski definition) is 2. The minimum atomic E-state index is -0.300. The third-order valence-electron chi connectivity index (χ3n) is 2.43.